The second kappa shape index (κ2) is 5.64. The normalized spacial score (nSPS) is 10.4. The molecule has 0 aliphatic heterocycles. The Bertz CT molecular complexity index is 467. The molecule has 0 fully saturated rings. The number of benzene rings is 1. The van der Waals surface area contributed by atoms with E-state index in [1.54, 1.807) is 13.0 Å². The van der Waals surface area contributed by atoms with Crippen LogP contribution in [0.25, 0.3) is 0 Å². The molecule has 0 saturated carbocycles. The van der Waals surface area contributed by atoms with Gasteiger partial charge in [-0.15, -0.1) is 0 Å². The Morgan fingerprint density at radius 1 is 1.44 bits per heavy atom. The van der Waals surface area contributed by atoms with E-state index in [0.29, 0.717) is 0 Å². The Kier molecular flexibility index (Phi) is 5.16. The standard InChI is InChI=1S/C10H12O4S.H3N/c1-8(2)7-14-9-5-3-4-6-10(9)15(11,12)13;/h3-6H,1,7H2,2H3,(H,11,12,13);1H3. The quantitative estimate of drug-likeness (QED) is 0.624. The van der Waals surface area contributed by atoms with Crippen molar-refractivity contribution in [2.45, 2.75) is 11.8 Å². The van der Waals surface area contributed by atoms with E-state index in [2.05, 4.69) is 6.58 Å². The number of para-hydroxylation sites is 1. The van der Waals surface area contributed by atoms with Gasteiger partial charge in [0.1, 0.15) is 17.3 Å². The lowest BCUT2D eigenvalue weighted by Crippen LogP contribution is -2.04. The van der Waals surface area contributed by atoms with Gasteiger partial charge in [-0.25, -0.2) is 0 Å². The Balaban J connectivity index is 0.00000225. The van der Waals surface area contributed by atoms with Crippen LogP contribution in [0, 0.1) is 0 Å². The number of hydrogen-bond donors (Lipinski definition) is 2. The van der Waals surface area contributed by atoms with Crippen LogP contribution >= 0.6 is 0 Å². The van der Waals surface area contributed by atoms with Crippen LogP contribution in [-0.4, -0.2) is 19.6 Å². The highest BCUT2D eigenvalue weighted by molar-refractivity contribution is 7.86. The topological polar surface area (TPSA) is 98.6 Å². The largest absolute Gasteiger partial charge is 0.488 e. The summed E-state index contributed by atoms with van der Waals surface area (Å²) in [4.78, 5) is -0.230. The van der Waals surface area contributed by atoms with Gasteiger partial charge in [0.2, 0.25) is 0 Å². The van der Waals surface area contributed by atoms with E-state index >= 15 is 0 Å². The van der Waals surface area contributed by atoms with Gasteiger partial charge in [-0.3, -0.25) is 4.55 Å². The number of rotatable bonds is 4. The molecule has 1 aromatic rings. The van der Waals surface area contributed by atoms with Crippen molar-refractivity contribution < 1.29 is 17.7 Å². The summed E-state index contributed by atoms with van der Waals surface area (Å²) in [6.45, 7) is 5.60. The monoisotopic (exact) mass is 245 g/mol. The van der Waals surface area contributed by atoms with Crippen LogP contribution in [0.15, 0.2) is 41.3 Å². The molecule has 0 atom stereocenters. The van der Waals surface area contributed by atoms with Crippen LogP contribution in [0.2, 0.25) is 0 Å². The summed E-state index contributed by atoms with van der Waals surface area (Å²) in [5, 5.41) is 0. The first kappa shape index (κ1) is 14.6. The zero-order valence-corrected chi connectivity index (χ0v) is 9.83. The second-order valence-corrected chi connectivity index (χ2v) is 4.56. The van der Waals surface area contributed by atoms with Crippen molar-refractivity contribution in [1.82, 2.24) is 6.15 Å². The predicted molar refractivity (Wildman–Crippen MR) is 61.6 cm³/mol. The lowest BCUT2D eigenvalue weighted by atomic mass is 10.3. The summed E-state index contributed by atoms with van der Waals surface area (Å²) in [6.07, 6.45) is 0. The van der Waals surface area contributed by atoms with E-state index in [-0.39, 0.29) is 23.4 Å². The van der Waals surface area contributed by atoms with E-state index in [9.17, 15) is 8.42 Å². The smallest absolute Gasteiger partial charge is 0.298 e. The summed E-state index contributed by atoms with van der Waals surface area (Å²) in [5.74, 6) is 0.128. The molecule has 0 radical (unpaired) electrons. The fourth-order valence-corrected chi connectivity index (χ4v) is 1.62. The fraction of sp³-hybridized carbons (Fsp3) is 0.200. The van der Waals surface area contributed by atoms with Gasteiger partial charge >= 0.3 is 0 Å². The van der Waals surface area contributed by atoms with Gasteiger partial charge in [-0.2, -0.15) is 8.42 Å². The van der Waals surface area contributed by atoms with Gasteiger partial charge in [0, 0.05) is 0 Å². The molecule has 0 heterocycles. The molecule has 0 bridgehead atoms. The van der Waals surface area contributed by atoms with E-state index in [1.807, 2.05) is 0 Å². The van der Waals surface area contributed by atoms with Crippen molar-refractivity contribution in [3.8, 4) is 5.75 Å². The molecule has 0 unspecified atom stereocenters. The van der Waals surface area contributed by atoms with Crippen molar-refractivity contribution in [3.05, 3.63) is 36.4 Å². The van der Waals surface area contributed by atoms with Gasteiger partial charge in [0.25, 0.3) is 10.1 Å². The highest BCUT2D eigenvalue weighted by Crippen LogP contribution is 2.23. The van der Waals surface area contributed by atoms with E-state index in [4.69, 9.17) is 9.29 Å². The second-order valence-electron chi connectivity index (χ2n) is 3.17. The van der Waals surface area contributed by atoms with Gasteiger partial charge in [-0.1, -0.05) is 18.7 Å². The zero-order chi connectivity index (χ0) is 11.5. The minimum atomic E-state index is -4.24. The summed E-state index contributed by atoms with van der Waals surface area (Å²) in [7, 11) is -4.24. The number of ether oxygens (including phenoxy) is 1. The Labute approximate surface area is 95.1 Å². The molecule has 0 spiro atoms. The Morgan fingerprint density at radius 2 is 2.00 bits per heavy atom. The first-order valence-electron chi connectivity index (χ1n) is 4.25. The molecule has 0 aliphatic rings. The molecule has 0 saturated heterocycles. The van der Waals surface area contributed by atoms with E-state index in [0.717, 1.165) is 5.57 Å². The van der Waals surface area contributed by atoms with Crippen LogP contribution in [0.5, 0.6) is 5.75 Å². The van der Waals surface area contributed by atoms with Gasteiger partial charge in [0.05, 0.1) is 0 Å². The zero-order valence-electron chi connectivity index (χ0n) is 9.01. The van der Waals surface area contributed by atoms with Gasteiger partial charge in [-0.05, 0) is 24.6 Å². The van der Waals surface area contributed by atoms with Crippen LogP contribution in [0.1, 0.15) is 6.92 Å². The number of hydrogen-bond acceptors (Lipinski definition) is 4. The predicted octanol–water partition coefficient (Wildman–Crippen LogP) is 2.05. The molecule has 16 heavy (non-hydrogen) atoms. The summed E-state index contributed by atoms with van der Waals surface area (Å²) in [6, 6.07) is 5.90. The highest BCUT2D eigenvalue weighted by atomic mass is 32.2. The molecular formula is C10H15NO4S. The molecule has 6 heteroatoms. The third-order valence-corrected chi connectivity index (χ3v) is 2.49. The molecule has 90 valence electrons. The van der Waals surface area contributed by atoms with Crippen molar-refractivity contribution in [2.75, 3.05) is 6.61 Å². The molecule has 4 N–H and O–H groups in total. The van der Waals surface area contributed by atoms with Crippen LogP contribution in [-0.2, 0) is 10.1 Å². The van der Waals surface area contributed by atoms with Crippen LogP contribution in [0.4, 0.5) is 0 Å². The third-order valence-electron chi connectivity index (χ3n) is 1.60. The molecule has 0 amide bonds. The SMILES string of the molecule is C=C(C)COc1ccccc1S(=O)(=O)O.N. The molecule has 1 rings (SSSR count). The summed E-state index contributed by atoms with van der Waals surface area (Å²) >= 11 is 0. The van der Waals surface area contributed by atoms with Crippen molar-refractivity contribution in [2.24, 2.45) is 0 Å². The van der Waals surface area contributed by atoms with E-state index < -0.39 is 10.1 Å². The first-order valence-corrected chi connectivity index (χ1v) is 5.69. The van der Waals surface area contributed by atoms with Crippen LogP contribution in [0.3, 0.4) is 0 Å². The first-order chi connectivity index (χ1) is 6.91. The van der Waals surface area contributed by atoms with Gasteiger partial charge < -0.3 is 10.9 Å². The Morgan fingerprint density at radius 3 is 2.50 bits per heavy atom. The van der Waals surface area contributed by atoms with Crippen molar-refractivity contribution in [3.63, 3.8) is 0 Å². The molecular weight excluding hydrogens is 230 g/mol. The van der Waals surface area contributed by atoms with Gasteiger partial charge in [0.15, 0.2) is 0 Å². The van der Waals surface area contributed by atoms with Crippen LogP contribution < -0.4 is 10.9 Å². The lowest BCUT2D eigenvalue weighted by Gasteiger charge is -2.08. The molecule has 0 aliphatic carbocycles. The lowest BCUT2D eigenvalue weighted by molar-refractivity contribution is 0.341. The maximum Gasteiger partial charge on any atom is 0.298 e. The average molecular weight is 245 g/mol. The molecule has 1 aromatic carbocycles. The van der Waals surface area contributed by atoms with Crippen molar-refractivity contribution >= 4 is 10.1 Å². The fourth-order valence-electron chi connectivity index (χ4n) is 0.983. The highest BCUT2D eigenvalue weighted by Gasteiger charge is 2.15. The maximum atomic E-state index is 11.0. The van der Waals surface area contributed by atoms with E-state index in [1.165, 1.54) is 18.2 Å². The Hall–Kier alpha value is -1.37. The minimum absolute atomic E-state index is 0. The average Bonchev–Trinajstić information content (AvgIpc) is 2.13. The molecule has 0 aromatic heterocycles. The van der Waals surface area contributed by atoms with Crippen molar-refractivity contribution in [1.29, 1.82) is 0 Å². The summed E-state index contributed by atoms with van der Waals surface area (Å²) in [5.41, 5.74) is 0.764. The minimum Gasteiger partial charge on any atom is -0.488 e. The third kappa shape index (κ3) is 4.01. The molecule has 5 nitrogen and oxygen atoms in total. The summed E-state index contributed by atoms with van der Waals surface area (Å²) < 4.78 is 36.0. The maximum absolute atomic E-state index is 11.0.